The molecule has 1 aliphatic carbocycles. The van der Waals surface area contributed by atoms with E-state index in [1.165, 1.54) is 22.3 Å². The normalized spacial score (nSPS) is 17.8. The average Bonchev–Trinajstić information content (AvgIpc) is 2.68. The molecule has 0 radical (unpaired) electrons. The van der Waals surface area contributed by atoms with Gasteiger partial charge < -0.3 is 0 Å². The van der Waals surface area contributed by atoms with Crippen molar-refractivity contribution in [3.63, 3.8) is 0 Å². The van der Waals surface area contributed by atoms with Crippen molar-refractivity contribution in [3.05, 3.63) is 75.8 Å². The van der Waals surface area contributed by atoms with E-state index >= 15 is 0 Å². The second-order valence-corrected chi connectivity index (χ2v) is 4.88. The number of hydrogen-bond acceptors (Lipinski definition) is 0. The maximum Gasteiger partial charge on any atom is 0.0453 e. The van der Waals surface area contributed by atoms with Crippen LogP contribution in [0.2, 0.25) is 5.02 Å². The molecule has 0 N–H and O–H groups in total. The minimum atomic E-state index is 0.319. The van der Waals surface area contributed by atoms with E-state index < -0.39 is 0 Å². The Kier molecular flexibility index (Phi) is 2.53. The number of rotatable bonds is 1. The first kappa shape index (κ1) is 10.6. The van der Waals surface area contributed by atoms with E-state index in [1.807, 2.05) is 18.2 Å². The zero-order valence-electron chi connectivity index (χ0n) is 9.65. The van der Waals surface area contributed by atoms with Crippen molar-refractivity contribution < 1.29 is 0 Å². The molecule has 0 aromatic heterocycles. The number of hydrogen-bond donors (Lipinski definition) is 0. The molecule has 0 spiro atoms. The molecular formula is C16H13Cl. The second-order valence-electron chi connectivity index (χ2n) is 4.47. The second kappa shape index (κ2) is 4.05. The third-order valence-electron chi connectivity index (χ3n) is 3.35. The molecule has 0 bridgehead atoms. The van der Waals surface area contributed by atoms with E-state index in [1.54, 1.807) is 0 Å². The largest absolute Gasteiger partial charge is 0.0840 e. The third kappa shape index (κ3) is 1.69. The molecule has 3 rings (SSSR count). The van der Waals surface area contributed by atoms with E-state index in [0.717, 1.165) is 5.02 Å². The van der Waals surface area contributed by atoms with Gasteiger partial charge in [-0.05, 0) is 29.7 Å². The topological polar surface area (TPSA) is 0 Å². The van der Waals surface area contributed by atoms with Crippen molar-refractivity contribution in [2.45, 2.75) is 12.8 Å². The van der Waals surface area contributed by atoms with Crippen LogP contribution in [0.4, 0.5) is 0 Å². The zero-order chi connectivity index (χ0) is 11.8. The Balaban J connectivity index is 2.19. The Morgan fingerprint density at radius 2 is 1.71 bits per heavy atom. The standard InChI is InChI=1S/C16H13Cl/c1-11-10-13-8-5-9-14(17)16(13)15(11)12-6-3-2-4-7-12/h2-10,15H,1H3. The van der Waals surface area contributed by atoms with E-state index in [0.29, 0.717) is 5.92 Å². The molecule has 0 fully saturated rings. The lowest BCUT2D eigenvalue weighted by Gasteiger charge is -2.16. The van der Waals surface area contributed by atoms with Gasteiger partial charge in [0.2, 0.25) is 0 Å². The van der Waals surface area contributed by atoms with Crippen LogP contribution in [0, 0.1) is 0 Å². The van der Waals surface area contributed by atoms with Crippen molar-refractivity contribution in [2.75, 3.05) is 0 Å². The fourth-order valence-corrected chi connectivity index (χ4v) is 2.91. The lowest BCUT2D eigenvalue weighted by Crippen LogP contribution is -2.00. The summed E-state index contributed by atoms with van der Waals surface area (Å²) in [6, 6.07) is 16.7. The highest BCUT2D eigenvalue weighted by molar-refractivity contribution is 6.31. The van der Waals surface area contributed by atoms with Gasteiger partial charge in [-0.15, -0.1) is 0 Å². The van der Waals surface area contributed by atoms with Gasteiger partial charge in [-0.2, -0.15) is 0 Å². The summed E-state index contributed by atoms with van der Waals surface area (Å²) in [4.78, 5) is 0. The van der Waals surface area contributed by atoms with Crippen LogP contribution in [-0.4, -0.2) is 0 Å². The Bertz CT molecular complexity index is 582. The van der Waals surface area contributed by atoms with Gasteiger partial charge in [-0.25, -0.2) is 0 Å². The molecule has 2 aromatic rings. The molecule has 0 heterocycles. The van der Waals surface area contributed by atoms with E-state index in [-0.39, 0.29) is 0 Å². The molecule has 0 saturated carbocycles. The molecule has 1 heteroatoms. The van der Waals surface area contributed by atoms with Crippen LogP contribution in [0.1, 0.15) is 29.5 Å². The summed E-state index contributed by atoms with van der Waals surface area (Å²) >= 11 is 6.35. The highest BCUT2D eigenvalue weighted by Gasteiger charge is 2.25. The van der Waals surface area contributed by atoms with Crippen molar-refractivity contribution in [2.24, 2.45) is 0 Å². The summed E-state index contributed by atoms with van der Waals surface area (Å²) < 4.78 is 0. The molecule has 17 heavy (non-hydrogen) atoms. The Morgan fingerprint density at radius 3 is 2.47 bits per heavy atom. The van der Waals surface area contributed by atoms with Gasteiger partial charge in [-0.3, -0.25) is 0 Å². The lowest BCUT2D eigenvalue weighted by molar-refractivity contribution is 0.977. The predicted octanol–water partition coefficient (Wildman–Crippen LogP) is 4.89. The summed E-state index contributed by atoms with van der Waals surface area (Å²) in [7, 11) is 0. The first-order valence-corrected chi connectivity index (χ1v) is 6.17. The molecule has 0 aliphatic heterocycles. The maximum absolute atomic E-state index is 6.35. The molecular weight excluding hydrogens is 228 g/mol. The Hall–Kier alpha value is -1.53. The zero-order valence-corrected chi connectivity index (χ0v) is 10.4. The molecule has 0 saturated heterocycles. The monoisotopic (exact) mass is 240 g/mol. The summed E-state index contributed by atoms with van der Waals surface area (Å²) in [5.74, 6) is 0.319. The molecule has 0 nitrogen and oxygen atoms in total. The SMILES string of the molecule is CC1=Cc2cccc(Cl)c2C1c1ccccc1. The van der Waals surface area contributed by atoms with Crippen molar-refractivity contribution >= 4 is 17.7 Å². The van der Waals surface area contributed by atoms with Gasteiger partial charge in [0.1, 0.15) is 0 Å². The van der Waals surface area contributed by atoms with Crippen LogP contribution in [0.25, 0.3) is 6.08 Å². The summed E-state index contributed by atoms with van der Waals surface area (Å²) in [5.41, 5.74) is 5.18. The van der Waals surface area contributed by atoms with Crippen molar-refractivity contribution in [1.82, 2.24) is 0 Å². The molecule has 0 amide bonds. The van der Waals surface area contributed by atoms with Crippen LogP contribution in [0.15, 0.2) is 54.1 Å². The Morgan fingerprint density at radius 1 is 0.941 bits per heavy atom. The number of fused-ring (bicyclic) bond motifs is 1. The first-order chi connectivity index (χ1) is 8.27. The van der Waals surface area contributed by atoms with Crippen LogP contribution >= 0.6 is 11.6 Å². The fourth-order valence-electron chi connectivity index (χ4n) is 2.62. The van der Waals surface area contributed by atoms with Gasteiger partial charge in [0.05, 0.1) is 0 Å². The highest BCUT2D eigenvalue weighted by Crippen LogP contribution is 2.43. The average molecular weight is 241 g/mol. The molecule has 1 atom stereocenters. The van der Waals surface area contributed by atoms with Crippen molar-refractivity contribution in [3.8, 4) is 0 Å². The smallest absolute Gasteiger partial charge is 0.0453 e. The quantitative estimate of drug-likeness (QED) is 0.666. The third-order valence-corrected chi connectivity index (χ3v) is 3.68. The fraction of sp³-hybridized carbons (Fsp3) is 0.125. The minimum Gasteiger partial charge on any atom is -0.0840 e. The highest BCUT2D eigenvalue weighted by atomic mass is 35.5. The van der Waals surface area contributed by atoms with Gasteiger partial charge in [0.15, 0.2) is 0 Å². The van der Waals surface area contributed by atoms with Crippen LogP contribution in [-0.2, 0) is 0 Å². The molecule has 84 valence electrons. The van der Waals surface area contributed by atoms with E-state index in [2.05, 4.69) is 43.3 Å². The number of allylic oxidation sites excluding steroid dienone is 1. The lowest BCUT2D eigenvalue weighted by atomic mass is 9.89. The maximum atomic E-state index is 6.35. The van der Waals surface area contributed by atoms with Gasteiger partial charge in [-0.1, -0.05) is 65.7 Å². The van der Waals surface area contributed by atoms with Crippen LogP contribution < -0.4 is 0 Å². The molecule has 2 aromatic carbocycles. The summed E-state index contributed by atoms with van der Waals surface area (Å²) in [6.07, 6.45) is 2.24. The van der Waals surface area contributed by atoms with Crippen LogP contribution in [0.3, 0.4) is 0 Å². The molecule has 1 aliphatic rings. The predicted molar refractivity (Wildman–Crippen MR) is 73.4 cm³/mol. The minimum absolute atomic E-state index is 0.319. The van der Waals surface area contributed by atoms with Gasteiger partial charge in [0, 0.05) is 10.9 Å². The van der Waals surface area contributed by atoms with Gasteiger partial charge >= 0.3 is 0 Å². The van der Waals surface area contributed by atoms with Crippen molar-refractivity contribution in [1.29, 1.82) is 0 Å². The summed E-state index contributed by atoms with van der Waals surface area (Å²) in [6.45, 7) is 2.17. The number of halogens is 1. The molecule has 1 unspecified atom stereocenters. The summed E-state index contributed by atoms with van der Waals surface area (Å²) in [5, 5.41) is 0.865. The van der Waals surface area contributed by atoms with E-state index in [9.17, 15) is 0 Å². The number of benzene rings is 2. The Labute approximate surface area is 107 Å². The van der Waals surface area contributed by atoms with E-state index in [4.69, 9.17) is 11.6 Å². The first-order valence-electron chi connectivity index (χ1n) is 5.79. The van der Waals surface area contributed by atoms with Crippen LogP contribution in [0.5, 0.6) is 0 Å². The van der Waals surface area contributed by atoms with Gasteiger partial charge in [0.25, 0.3) is 0 Å².